The smallest absolute Gasteiger partial charge is 0.416 e. The van der Waals surface area contributed by atoms with Crippen LogP contribution in [-0.4, -0.2) is 38.2 Å². The summed E-state index contributed by atoms with van der Waals surface area (Å²) in [5.41, 5.74) is -2.88. The summed E-state index contributed by atoms with van der Waals surface area (Å²) in [6, 6.07) is 0.161. The molecule has 0 aromatic heterocycles. The monoisotopic (exact) mass is 370 g/mol. The summed E-state index contributed by atoms with van der Waals surface area (Å²) in [7, 11) is 1.09. The van der Waals surface area contributed by atoms with E-state index in [1.54, 1.807) is 6.92 Å². The number of rotatable bonds is 4. The first-order valence-corrected chi connectivity index (χ1v) is 7.90. The van der Waals surface area contributed by atoms with Gasteiger partial charge in [-0.15, -0.1) is 0 Å². The Labute approximate surface area is 141 Å². The van der Waals surface area contributed by atoms with E-state index in [2.05, 4.69) is 5.32 Å². The van der Waals surface area contributed by atoms with Crippen molar-refractivity contribution in [1.82, 2.24) is 10.2 Å². The summed E-state index contributed by atoms with van der Waals surface area (Å²) >= 11 is 0. The molecule has 1 atom stereocenters. The molecule has 9 heteroatoms. The van der Waals surface area contributed by atoms with Gasteiger partial charge in [-0.1, -0.05) is 6.92 Å². The Kier molecular flexibility index (Phi) is 5.88. The van der Waals surface area contributed by atoms with Gasteiger partial charge in [-0.05, 0) is 18.6 Å². The van der Waals surface area contributed by atoms with Crippen molar-refractivity contribution < 1.29 is 31.1 Å². The molecule has 0 amide bonds. The molecule has 1 aliphatic heterocycles. The fourth-order valence-corrected chi connectivity index (χ4v) is 3.18. The standard InChI is InChI=1S/C16H20F6N2O/c1-3-12(24-6-4-23-5-7-24)14-11(16(20,21)22)8-10(15(17,18)19)9-13(14)25-2/h8-9,12,23H,3-7H2,1-2H3/t12-/m0/s1. The molecule has 1 aliphatic rings. The first-order valence-electron chi connectivity index (χ1n) is 7.90. The van der Waals surface area contributed by atoms with Crippen LogP contribution in [0.5, 0.6) is 5.75 Å². The summed E-state index contributed by atoms with van der Waals surface area (Å²) in [5, 5.41) is 3.10. The second kappa shape index (κ2) is 7.41. The van der Waals surface area contributed by atoms with Gasteiger partial charge >= 0.3 is 12.4 Å². The topological polar surface area (TPSA) is 24.5 Å². The molecule has 0 unspecified atom stereocenters. The lowest BCUT2D eigenvalue weighted by Gasteiger charge is -2.36. The number of halogens is 6. The quantitative estimate of drug-likeness (QED) is 0.808. The average Bonchev–Trinajstić information content (AvgIpc) is 2.54. The maximum atomic E-state index is 13.5. The van der Waals surface area contributed by atoms with Gasteiger partial charge in [-0.3, -0.25) is 4.90 Å². The zero-order valence-electron chi connectivity index (χ0n) is 13.9. The van der Waals surface area contributed by atoms with Crippen LogP contribution in [0.4, 0.5) is 26.3 Å². The first-order chi connectivity index (χ1) is 11.6. The van der Waals surface area contributed by atoms with Crippen LogP contribution >= 0.6 is 0 Å². The van der Waals surface area contributed by atoms with Crippen LogP contribution in [0.3, 0.4) is 0 Å². The molecule has 0 spiro atoms. The SMILES string of the molecule is CC[C@@H](c1c(OC)cc(C(F)(F)F)cc1C(F)(F)F)N1CCNCC1. The van der Waals surface area contributed by atoms with E-state index in [-0.39, 0.29) is 17.4 Å². The molecule has 3 nitrogen and oxygen atoms in total. The Hall–Kier alpha value is -1.48. The maximum absolute atomic E-state index is 13.5. The van der Waals surface area contributed by atoms with Crippen molar-refractivity contribution in [2.75, 3.05) is 33.3 Å². The van der Waals surface area contributed by atoms with Gasteiger partial charge in [0.1, 0.15) is 5.75 Å². The summed E-state index contributed by atoms with van der Waals surface area (Å²) in [6.07, 6.45) is -9.47. The fourth-order valence-electron chi connectivity index (χ4n) is 3.18. The maximum Gasteiger partial charge on any atom is 0.416 e. The Balaban J connectivity index is 2.64. The van der Waals surface area contributed by atoms with Gasteiger partial charge in [-0.25, -0.2) is 0 Å². The lowest BCUT2D eigenvalue weighted by molar-refractivity contribution is -0.144. The third kappa shape index (κ3) is 4.38. The van der Waals surface area contributed by atoms with Crippen LogP contribution in [-0.2, 0) is 12.4 Å². The van der Waals surface area contributed by atoms with Gasteiger partial charge in [0.25, 0.3) is 0 Å². The second-order valence-electron chi connectivity index (χ2n) is 5.85. The number of hydrogen-bond donors (Lipinski definition) is 1. The fraction of sp³-hybridized carbons (Fsp3) is 0.625. The zero-order valence-corrected chi connectivity index (χ0v) is 13.9. The van der Waals surface area contributed by atoms with Crippen molar-refractivity contribution in [3.05, 3.63) is 28.8 Å². The van der Waals surface area contributed by atoms with E-state index in [1.807, 2.05) is 4.90 Å². The van der Waals surface area contributed by atoms with Crippen molar-refractivity contribution in [3.63, 3.8) is 0 Å². The third-order valence-corrected chi connectivity index (χ3v) is 4.31. The minimum atomic E-state index is -4.91. The highest BCUT2D eigenvalue weighted by Gasteiger charge is 2.42. The molecule has 0 saturated carbocycles. The summed E-state index contributed by atoms with van der Waals surface area (Å²) in [6.45, 7) is 3.96. The van der Waals surface area contributed by atoms with Crippen LogP contribution in [0.15, 0.2) is 12.1 Å². The number of hydrogen-bond acceptors (Lipinski definition) is 3. The summed E-state index contributed by atoms with van der Waals surface area (Å²) < 4.78 is 84.6. The van der Waals surface area contributed by atoms with Gasteiger partial charge in [0.2, 0.25) is 0 Å². The number of ether oxygens (including phenoxy) is 1. The van der Waals surface area contributed by atoms with E-state index >= 15 is 0 Å². The molecule has 1 N–H and O–H groups in total. The summed E-state index contributed by atoms with van der Waals surface area (Å²) in [4.78, 5) is 1.84. The molecule has 0 radical (unpaired) electrons. The highest BCUT2D eigenvalue weighted by Crippen LogP contribution is 2.45. The largest absolute Gasteiger partial charge is 0.496 e. The Morgan fingerprint density at radius 1 is 1.08 bits per heavy atom. The minimum Gasteiger partial charge on any atom is -0.496 e. The van der Waals surface area contributed by atoms with Crippen molar-refractivity contribution in [2.45, 2.75) is 31.7 Å². The molecule has 1 fully saturated rings. The third-order valence-electron chi connectivity index (χ3n) is 4.31. The molecule has 0 aliphatic carbocycles. The Morgan fingerprint density at radius 2 is 1.68 bits per heavy atom. The van der Waals surface area contributed by atoms with Gasteiger partial charge in [0.05, 0.1) is 18.2 Å². The van der Waals surface area contributed by atoms with Crippen LogP contribution in [0.2, 0.25) is 0 Å². The Morgan fingerprint density at radius 3 is 2.12 bits per heavy atom. The van der Waals surface area contributed by atoms with Gasteiger partial charge in [-0.2, -0.15) is 26.3 Å². The number of alkyl halides is 6. The van der Waals surface area contributed by atoms with Crippen molar-refractivity contribution in [1.29, 1.82) is 0 Å². The molecule has 142 valence electrons. The molecule has 0 bridgehead atoms. The number of methoxy groups -OCH3 is 1. The average molecular weight is 370 g/mol. The van der Waals surface area contributed by atoms with E-state index in [9.17, 15) is 26.3 Å². The summed E-state index contributed by atoms with van der Waals surface area (Å²) in [5.74, 6) is -0.382. The molecule has 1 saturated heterocycles. The highest BCUT2D eigenvalue weighted by molar-refractivity contribution is 5.48. The number of nitrogens with zero attached hydrogens (tertiary/aromatic N) is 1. The van der Waals surface area contributed by atoms with E-state index in [0.717, 1.165) is 7.11 Å². The molecule has 1 aromatic carbocycles. The van der Waals surface area contributed by atoms with Gasteiger partial charge < -0.3 is 10.1 Å². The van der Waals surface area contributed by atoms with Gasteiger partial charge in [0.15, 0.2) is 0 Å². The first kappa shape index (κ1) is 19.8. The van der Waals surface area contributed by atoms with Crippen LogP contribution in [0, 0.1) is 0 Å². The molecule has 2 rings (SSSR count). The van der Waals surface area contributed by atoms with E-state index < -0.39 is 29.5 Å². The van der Waals surface area contributed by atoms with Gasteiger partial charge in [0, 0.05) is 37.8 Å². The minimum absolute atomic E-state index is 0.183. The lowest BCUT2D eigenvalue weighted by Crippen LogP contribution is -2.45. The normalized spacial score (nSPS) is 18.2. The predicted octanol–water partition coefficient (Wildman–Crippen LogP) is 4.09. The van der Waals surface area contributed by atoms with Crippen molar-refractivity contribution in [3.8, 4) is 5.75 Å². The number of piperazine rings is 1. The van der Waals surface area contributed by atoms with Crippen LogP contribution < -0.4 is 10.1 Å². The van der Waals surface area contributed by atoms with E-state index in [4.69, 9.17) is 4.74 Å². The highest BCUT2D eigenvalue weighted by atomic mass is 19.4. The van der Waals surface area contributed by atoms with E-state index in [1.165, 1.54) is 0 Å². The van der Waals surface area contributed by atoms with Crippen LogP contribution in [0.25, 0.3) is 0 Å². The molecule has 25 heavy (non-hydrogen) atoms. The van der Waals surface area contributed by atoms with Crippen molar-refractivity contribution >= 4 is 0 Å². The number of benzene rings is 1. The second-order valence-corrected chi connectivity index (χ2v) is 5.85. The van der Waals surface area contributed by atoms with Crippen LogP contribution in [0.1, 0.15) is 36.1 Å². The number of nitrogens with one attached hydrogen (secondary N) is 1. The molecule has 1 heterocycles. The molecular formula is C16H20F6N2O. The Bertz CT molecular complexity index is 594. The van der Waals surface area contributed by atoms with Crippen molar-refractivity contribution in [2.24, 2.45) is 0 Å². The zero-order chi connectivity index (χ0) is 18.8. The predicted molar refractivity (Wildman–Crippen MR) is 80.5 cm³/mol. The van der Waals surface area contributed by atoms with E-state index in [0.29, 0.717) is 38.7 Å². The molecular weight excluding hydrogens is 350 g/mol. The lowest BCUT2D eigenvalue weighted by atomic mass is 9.93. The molecule has 1 aromatic rings.